The highest BCUT2D eigenvalue weighted by atomic mass is 79.9. The summed E-state index contributed by atoms with van der Waals surface area (Å²) < 4.78 is 2.71. The van der Waals surface area contributed by atoms with E-state index in [0.717, 1.165) is 10.2 Å². The van der Waals surface area contributed by atoms with Gasteiger partial charge in [-0.25, -0.2) is 4.68 Å². The predicted octanol–water partition coefficient (Wildman–Crippen LogP) is 2.01. The molecule has 1 aliphatic heterocycles. The van der Waals surface area contributed by atoms with Crippen LogP contribution in [0.1, 0.15) is 40.9 Å². The van der Waals surface area contributed by atoms with Crippen LogP contribution in [-0.4, -0.2) is 43.9 Å². The molecule has 2 fully saturated rings. The topological polar surface area (TPSA) is 63.9 Å². The number of pyridine rings is 1. The molecule has 2 aromatic heterocycles. The SMILES string of the molecule is O=C(c1cncc(Br)c1)N1CC(n2cc(C3CC3)nn2)C1. The van der Waals surface area contributed by atoms with Crippen molar-refractivity contribution in [2.75, 3.05) is 13.1 Å². The van der Waals surface area contributed by atoms with E-state index in [0.29, 0.717) is 24.6 Å². The molecule has 3 heterocycles. The van der Waals surface area contributed by atoms with Gasteiger partial charge in [-0.2, -0.15) is 0 Å². The minimum Gasteiger partial charge on any atom is -0.334 e. The zero-order valence-electron chi connectivity index (χ0n) is 11.3. The van der Waals surface area contributed by atoms with Crippen LogP contribution >= 0.6 is 15.9 Å². The summed E-state index contributed by atoms with van der Waals surface area (Å²) in [6, 6.07) is 2.04. The Bertz CT molecular complexity index is 690. The van der Waals surface area contributed by atoms with E-state index in [1.807, 2.05) is 15.8 Å². The fourth-order valence-electron chi connectivity index (χ4n) is 2.53. The highest BCUT2D eigenvalue weighted by molar-refractivity contribution is 9.10. The van der Waals surface area contributed by atoms with E-state index in [1.54, 1.807) is 18.5 Å². The maximum Gasteiger partial charge on any atom is 0.255 e. The quantitative estimate of drug-likeness (QED) is 0.851. The van der Waals surface area contributed by atoms with Crippen molar-refractivity contribution in [2.24, 2.45) is 0 Å². The molecule has 2 aliphatic rings. The van der Waals surface area contributed by atoms with Crippen molar-refractivity contribution >= 4 is 21.8 Å². The lowest BCUT2D eigenvalue weighted by atomic mass is 10.1. The Balaban J connectivity index is 1.40. The summed E-state index contributed by atoms with van der Waals surface area (Å²) in [6.45, 7) is 1.36. The lowest BCUT2D eigenvalue weighted by molar-refractivity contribution is 0.0498. The average Bonchev–Trinajstić information content (AvgIpc) is 3.17. The summed E-state index contributed by atoms with van der Waals surface area (Å²) >= 11 is 3.33. The summed E-state index contributed by atoms with van der Waals surface area (Å²) in [4.78, 5) is 18.1. The van der Waals surface area contributed by atoms with Crippen LogP contribution in [0.15, 0.2) is 29.1 Å². The molecular weight excluding hydrogens is 334 g/mol. The van der Waals surface area contributed by atoms with Gasteiger partial charge in [0.05, 0.1) is 17.3 Å². The van der Waals surface area contributed by atoms with Crippen LogP contribution in [0, 0.1) is 0 Å². The molecule has 0 radical (unpaired) electrons. The molecule has 108 valence electrons. The number of nitrogens with zero attached hydrogens (tertiary/aromatic N) is 5. The molecule has 1 saturated heterocycles. The summed E-state index contributed by atoms with van der Waals surface area (Å²) in [6.07, 6.45) is 7.75. The first-order chi connectivity index (χ1) is 10.2. The normalized spacial score (nSPS) is 18.6. The Morgan fingerprint density at radius 1 is 1.29 bits per heavy atom. The second-order valence-corrected chi connectivity index (χ2v) is 6.57. The highest BCUT2D eigenvalue weighted by Gasteiger charge is 2.34. The van der Waals surface area contributed by atoms with Crippen molar-refractivity contribution in [3.8, 4) is 0 Å². The molecule has 21 heavy (non-hydrogen) atoms. The molecule has 1 aliphatic carbocycles. The zero-order chi connectivity index (χ0) is 14.4. The lowest BCUT2D eigenvalue weighted by Gasteiger charge is -2.38. The van der Waals surface area contributed by atoms with Gasteiger partial charge in [0, 0.05) is 42.1 Å². The summed E-state index contributed by atoms with van der Waals surface area (Å²) in [5.41, 5.74) is 1.70. The van der Waals surface area contributed by atoms with Gasteiger partial charge in [-0.3, -0.25) is 9.78 Å². The van der Waals surface area contributed by atoms with Gasteiger partial charge < -0.3 is 4.90 Å². The van der Waals surface area contributed by atoms with E-state index < -0.39 is 0 Å². The third-order valence-electron chi connectivity index (χ3n) is 4.00. The van der Waals surface area contributed by atoms with Gasteiger partial charge in [0.2, 0.25) is 0 Å². The minimum absolute atomic E-state index is 0.0163. The van der Waals surface area contributed by atoms with E-state index in [-0.39, 0.29) is 11.9 Å². The van der Waals surface area contributed by atoms with Crippen LogP contribution in [0.4, 0.5) is 0 Å². The van der Waals surface area contributed by atoms with Crippen LogP contribution in [-0.2, 0) is 0 Å². The number of carbonyl (C=O) groups excluding carboxylic acids is 1. The number of carbonyl (C=O) groups is 1. The van der Waals surface area contributed by atoms with Gasteiger partial charge in [0.1, 0.15) is 0 Å². The van der Waals surface area contributed by atoms with Crippen molar-refractivity contribution < 1.29 is 4.79 Å². The molecule has 0 bridgehead atoms. The van der Waals surface area contributed by atoms with Crippen molar-refractivity contribution in [1.82, 2.24) is 24.9 Å². The Kier molecular flexibility index (Phi) is 3.02. The number of aromatic nitrogens is 4. The monoisotopic (exact) mass is 347 g/mol. The third-order valence-corrected chi connectivity index (χ3v) is 4.43. The molecule has 0 N–H and O–H groups in total. The lowest BCUT2D eigenvalue weighted by Crippen LogP contribution is -2.50. The Hall–Kier alpha value is -1.76. The number of amides is 1. The van der Waals surface area contributed by atoms with Crippen molar-refractivity contribution in [2.45, 2.75) is 24.8 Å². The molecular formula is C14H14BrN5O. The third kappa shape index (κ3) is 2.46. The van der Waals surface area contributed by atoms with E-state index in [1.165, 1.54) is 12.8 Å². The van der Waals surface area contributed by atoms with Crippen LogP contribution in [0.5, 0.6) is 0 Å². The molecule has 2 aromatic rings. The minimum atomic E-state index is 0.0163. The molecule has 6 nitrogen and oxygen atoms in total. The molecule has 1 amide bonds. The number of hydrogen-bond donors (Lipinski definition) is 0. The molecule has 0 spiro atoms. The number of likely N-dealkylation sites (tertiary alicyclic amines) is 1. The Labute approximate surface area is 130 Å². The molecule has 4 rings (SSSR count). The molecule has 0 unspecified atom stereocenters. The van der Waals surface area contributed by atoms with Crippen LogP contribution < -0.4 is 0 Å². The fraction of sp³-hybridized carbons (Fsp3) is 0.429. The van der Waals surface area contributed by atoms with Gasteiger partial charge >= 0.3 is 0 Å². The Morgan fingerprint density at radius 3 is 2.81 bits per heavy atom. The van der Waals surface area contributed by atoms with Gasteiger partial charge in [-0.15, -0.1) is 5.10 Å². The smallest absolute Gasteiger partial charge is 0.255 e. The first kappa shape index (κ1) is 12.9. The van der Waals surface area contributed by atoms with Crippen LogP contribution in [0.3, 0.4) is 0 Å². The van der Waals surface area contributed by atoms with E-state index in [4.69, 9.17) is 0 Å². The predicted molar refractivity (Wildman–Crippen MR) is 78.9 cm³/mol. The van der Waals surface area contributed by atoms with Gasteiger partial charge in [0.25, 0.3) is 5.91 Å². The van der Waals surface area contributed by atoms with E-state index >= 15 is 0 Å². The van der Waals surface area contributed by atoms with Crippen LogP contribution in [0.25, 0.3) is 0 Å². The highest BCUT2D eigenvalue weighted by Crippen LogP contribution is 2.39. The van der Waals surface area contributed by atoms with Crippen LogP contribution in [0.2, 0.25) is 0 Å². The molecule has 7 heteroatoms. The fourth-order valence-corrected chi connectivity index (χ4v) is 2.90. The first-order valence-corrected chi connectivity index (χ1v) is 7.81. The second kappa shape index (κ2) is 4.91. The number of hydrogen-bond acceptors (Lipinski definition) is 4. The summed E-state index contributed by atoms with van der Waals surface area (Å²) in [7, 11) is 0. The molecule has 1 saturated carbocycles. The zero-order valence-corrected chi connectivity index (χ0v) is 12.9. The first-order valence-electron chi connectivity index (χ1n) is 7.02. The average molecular weight is 348 g/mol. The summed E-state index contributed by atoms with van der Waals surface area (Å²) in [5, 5.41) is 8.40. The van der Waals surface area contributed by atoms with Crippen molar-refractivity contribution in [1.29, 1.82) is 0 Å². The largest absolute Gasteiger partial charge is 0.334 e. The van der Waals surface area contributed by atoms with Gasteiger partial charge in [0.15, 0.2) is 0 Å². The maximum atomic E-state index is 12.3. The second-order valence-electron chi connectivity index (χ2n) is 5.65. The van der Waals surface area contributed by atoms with Crippen molar-refractivity contribution in [3.63, 3.8) is 0 Å². The van der Waals surface area contributed by atoms with Gasteiger partial charge in [-0.05, 0) is 34.8 Å². The van der Waals surface area contributed by atoms with E-state index in [2.05, 4.69) is 31.2 Å². The summed E-state index contributed by atoms with van der Waals surface area (Å²) in [5.74, 6) is 0.631. The van der Waals surface area contributed by atoms with E-state index in [9.17, 15) is 4.79 Å². The standard InChI is InChI=1S/C14H14BrN5O/c15-11-3-10(4-16-5-11)14(21)19-6-12(7-19)20-8-13(17-18-20)9-1-2-9/h3-5,8-9,12H,1-2,6-7H2. The number of halogens is 1. The Morgan fingerprint density at radius 2 is 2.10 bits per heavy atom. The number of rotatable bonds is 3. The van der Waals surface area contributed by atoms with Gasteiger partial charge in [-0.1, -0.05) is 5.21 Å². The molecule has 0 atom stereocenters. The molecule has 0 aromatic carbocycles. The van der Waals surface area contributed by atoms with Crippen molar-refractivity contribution in [3.05, 3.63) is 40.4 Å². The maximum absolute atomic E-state index is 12.3.